The molecule has 0 bridgehead atoms. The second-order valence-electron chi connectivity index (χ2n) is 4.92. The average Bonchev–Trinajstić information content (AvgIpc) is 2.97. The van der Waals surface area contributed by atoms with Gasteiger partial charge in [0.1, 0.15) is 0 Å². The summed E-state index contributed by atoms with van der Waals surface area (Å²) < 4.78 is 5.26. The number of para-hydroxylation sites is 1. The Morgan fingerprint density at radius 1 is 1.40 bits per heavy atom. The highest BCUT2D eigenvalue weighted by Gasteiger charge is 2.29. The van der Waals surface area contributed by atoms with Crippen LogP contribution in [0.15, 0.2) is 36.5 Å². The van der Waals surface area contributed by atoms with E-state index >= 15 is 0 Å². The van der Waals surface area contributed by atoms with Gasteiger partial charge in [-0.25, -0.2) is 0 Å². The first kappa shape index (κ1) is 13.0. The summed E-state index contributed by atoms with van der Waals surface area (Å²) >= 11 is 0. The van der Waals surface area contributed by atoms with E-state index in [1.54, 1.807) is 13.3 Å². The molecule has 1 aromatic heterocycles. The average molecular weight is 271 g/mol. The van der Waals surface area contributed by atoms with E-state index in [0.717, 1.165) is 16.6 Å². The lowest BCUT2D eigenvalue weighted by Gasteiger charge is -2.12. The second kappa shape index (κ2) is 5.56. The van der Waals surface area contributed by atoms with E-state index in [1.807, 2.05) is 30.3 Å². The maximum atomic E-state index is 12.3. The highest BCUT2D eigenvalue weighted by atomic mass is 16.5. The summed E-state index contributed by atoms with van der Waals surface area (Å²) in [5.74, 6) is -0.0392. The molecule has 5 heteroatoms. The minimum atomic E-state index is -0.209. The molecule has 0 aliphatic carbocycles. The van der Waals surface area contributed by atoms with Crippen molar-refractivity contribution in [2.24, 2.45) is 0 Å². The third-order valence-corrected chi connectivity index (χ3v) is 3.63. The van der Waals surface area contributed by atoms with Crippen molar-refractivity contribution in [3.63, 3.8) is 0 Å². The molecular formula is C15H17N3O2. The summed E-state index contributed by atoms with van der Waals surface area (Å²) in [5, 5.41) is 7.13. The number of fused-ring (bicyclic) bond motifs is 1. The molecule has 2 atom stereocenters. The van der Waals surface area contributed by atoms with Crippen LogP contribution in [0.25, 0.3) is 10.9 Å². The number of anilines is 1. The molecule has 2 N–H and O–H groups in total. The fourth-order valence-electron chi connectivity index (χ4n) is 2.51. The minimum absolute atomic E-state index is 0.0392. The molecule has 1 fully saturated rings. The Morgan fingerprint density at radius 2 is 2.25 bits per heavy atom. The lowest BCUT2D eigenvalue weighted by Crippen LogP contribution is -2.35. The van der Waals surface area contributed by atoms with Gasteiger partial charge in [-0.2, -0.15) is 0 Å². The first-order valence-electron chi connectivity index (χ1n) is 6.68. The monoisotopic (exact) mass is 271 g/mol. The number of carbonyl (C=O) groups is 1. The van der Waals surface area contributed by atoms with Crippen LogP contribution in [0.1, 0.15) is 6.42 Å². The van der Waals surface area contributed by atoms with Crippen molar-refractivity contribution in [3.8, 4) is 0 Å². The minimum Gasteiger partial charge on any atom is -0.380 e. The van der Waals surface area contributed by atoms with Crippen LogP contribution in [-0.2, 0) is 9.53 Å². The number of amides is 1. The van der Waals surface area contributed by atoms with Crippen molar-refractivity contribution >= 4 is 22.5 Å². The number of ether oxygens (including phenoxy) is 1. The molecule has 0 saturated carbocycles. The van der Waals surface area contributed by atoms with E-state index in [-0.39, 0.29) is 18.1 Å². The highest BCUT2D eigenvalue weighted by molar-refractivity contribution is 6.02. The van der Waals surface area contributed by atoms with Crippen molar-refractivity contribution in [2.75, 3.05) is 19.0 Å². The zero-order chi connectivity index (χ0) is 13.9. The van der Waals surface area contributed by atoms with Crippen LogP contribution in [0.3, 0.4) is 0 Å². The Bertz CT molecular complexity index is 624. The van der Waals surface area contributed by atoms with Gasteiger partial charge in [-0.1, -0.05) is 18.2 Å². The van der Waals surface area contributed by atoms with E-state index < -0.39 is 0 Å². The molecule has 1 amide bonds. The van der Waals surface area contributed by atoms with Crippen molar-refractivity contribution in [1.29, 1.82) is 0 Å². The van der Waals surface area contributed by atoms with Gasteiger partial charge in [0.25, 0.3) is 0 Å². The molecule has 2 heterocycles. The molecule has 3 rings (SSSR count). The molecule has 1 saturated heterocycles. The van der Waals surface area contributed by atoms with E-state index in [9.17, 15) is 4.79 Å². The largest absolute Gasteiger partial charge is 0.380 e. The molecule has 0 spiro atoms. The Morgan fingerprint density at radius 3 is 3.05 bits per heavy atom. The van der Waals surface area contributed by atoms with Crippen LogP contribution in [0.5, 0.6) is 0 Å². The quantitative estimate of drug-likeness (QED) is 0.889. The van der Waals surface area contributed by atoms with Gasteiger partial charge in [-0.05, 0) is 18.6 Å². The third-order valence-electron chi connectivity index (χ3n) is 3.63. The van der Waals surface area contributed by atoms with Crippen LogP contribution < -0.4 is 10.6 Å². The standard InChI is InChI=1S/C15H17N3O2/c1-20-11-8-13(17-9-11)15(19)18-12-6-2-4-10-5-3-7-16-14(10)12/h2-7,11,13,17H,8-9H2,1H3,(H,18,19). The number of nitrogens with one attached hydrogen (secondary N) is 2. The smallest absolute Gasteiger partial charge is 0.241 e. The number of nitrogens with zero attached hydrogens (tertiary/aromatic N) is 1. The summed E-state index contributed by atoms with van der Waals surface area (Å²) in [6.07, 6.45) is 2.53. The van der Waals surface area contributed by atoms with Gasteiger partial charge >= 0.3 is 0 Å². The van der Waals surface area contributed by atoms with Gasteiger partial charge in [-0.3, -0.25) is 9.78 Å². The zero-order valence-electron chi connectivity index (χ0n) is 11.3. The van der Waals surface area contributed by atoms with Gasteiger partial charge < -0.3 is 15.4 Å². The number of benzene rings is 1. The normalized spacial score (nSPS) is 22.1. The Labute approximate surface area is 117 Å². The van der Waals surface area contributed by atoms with Crippen molar-refractivity contribution in [2.45, 2.75) is 18.6 Å². The lowest BCUT2D eigenvalue weighted by atomic mass is 10.1. The van der Waals surface area contributed by atoms with Crippen LogP contribution in [-0.4, -0.2) is 36.7 Å². The van der Waals surface area contributed by atoms with Crippen molar-refractivity contribution in [3.05, 3.63) is 36.5 Å². The zero-order valence-corrected chi connectivity index (χ0v) is 11.3. The predicted molar refractivity (Wildman–Crippen MR) is 77.6 cm³/mol. The molecule has 1 aromatic carbocycles. The van der Waals surface area contributed by atoms with Gasteiger partial charge in [0.2, 0.25) is 5.91 Å². The first-order valence-corrected chi connectivity index (χ1v) is 6.68. The van der Waals surface area contributed by atoms with Crippen molar-refractivity contribution in [1.82, 2.24) is 10.3 Å². The number of pyridine rings is 1. The Balaban J connectivity index is 1.78. The topological polar surface area (TPSA) is 63.2 Å². The van der Waals surface area contributed by atoms with Gasteiger partial charge in [-0.15, -0.1) is 0 Å². The van der Waals surface area contributed by atoms with E-state index in [1.165, 1.54) is 0 Å². The van der Waals surface area contributed by atoms with Gasteiger partial charge in [0, 0.05) is 25.2 Å². The summed E-state index contributed by atoms with van der Waals surface area (Å²) in [4.78, 5) is 16.6. The fourth-order valence-corrected chi connectivity index (χ4v) is 2.51. The fraction of sp³-hybridized carbons (Fsp3) is 0.333. The molecule has 0 radical (unpaired) electrons. The highest BCUT2D eigenvalue weighted by Crippen LogP contribution is 2.21. The number of rotatable bonds is 3. The molecule has 2 unspecified atom stereocenters. The van der Waals surface area contributed by atoms with Gasteiger partial charge in [0.15, 0.2) is 0 Å². The predicted octanol–water partition coefficient (Wildman–Crippen LogP) is 1.55. The van der Waals surface area contributed by atoms with E-state index in [0.29, 0.717) is 13.0 Å². The SMILES string of the molecule is COC1CNC(C(=O)Nc2cccc3cccnc23)C1. The van der Waals surface area contributed by atoms with Crippen LogP contribution in [0.4, 0.5) is 5.69 Å². The molecule has 20 heavy (non-hydrogen) atoms. The van der Waals surface area contributed by atoms with Crippen LogP contribution in [0, 0.1) is 0 Å². The van der Waals surface area contributed by atoms with Gasteiger partial charge in [0.05, 0.1) is 23.3 Å². The molecule has 2 aromatic rings. The van der Waals surface area contributed by atoms with Crippen LogP contribution in [0.2, 0.25) is 0 Å². The molecule has 1 aliphatic heterocycles. The number of aromatic nitrogens is 1. The number of hydrogen-bond donors (Lipinski definition) is 2. The Hall–Kier alpha value is -1.98. The van der Waals surface area contributed by atoms with Crippen molar-refractivity contribution < 1.29 is 9.53 Å². The molecule has 1 aliphatic rings. The summed E-state index contributed by atoms with van der Waals surface area (Å²) in [7, 11) is 1.67. The summed E-state index contributed by atoms with van der Waals surface area (Å²) in [6, 6.07) is 9.42. The maximum Gasteiger partial charge on any atom is 0.241 e. The second-order valence-corrected chi connectivity index (χ2v) is 4.92. The molecule has 104 valence electrons. The number of methoxy groups -OCH3 is 1. The lowest BCUT2D eigenvalue weighted by molar-refractivity contribution is -0.117. The summed E-state index contributed by atoms with van der Waals surface area (Å²) in [6.45, 7) is 0.711. The van der Waals surface area contributed by atoms with E-state index in [2.05, 4.69) is 15.6 Å². The number of hydrogen-bond acceptors (Lipinski definition) is 4. The number of carbonyl (C=O) groups excluding carboxylic acids is 1. The first-order chi connectivity index (χ1) is 9.78. The molecular weight excluding hydrogens is 254 g/mol. The summed E-state index contributed by atoms with van der Waals surface area (Å²) in [5.41, 5.74) is 1.56. The third kappa shape index (κ3) is 2.50. The maximum absolute atomic E-state index is 12.3. The van der Waals surface area contributed by atoms with E-state index in [4.69, 9.17) is 4.74 Å². The van der Waals surface area contributed by atoms with Crippen LogP contribution >= 0.6 is 0 Å². The Kier molecular flexibility index (Phi) is 3.62. The molecule has 5 nitrogen and oxygen atoms in total.